The second-order valence-electron chi connectivity index (χ2n) is 7.80. The van der Waals surface area contributed by atoms with Crippen LogP contribution in [0.2, 0.25) is 0 Å². The fourth-order valence-electron chi connectivity index (χ4n) is 3.64. The van der Waals surface area contributed by atoms with Crippen LogP contribution in [-0.2, 0) is 19.2 Å². The van der Waals surface area contributed by atoms with Gasteiger partial charge in [-0.3, -0.25) is 29.0 Å². The highest BCUT2D eigenvalue weighted by molar-refractivity contribution is 5.97. The molecule has 0 bridgehead atoms. The van der Waals surface area contributed by atoms with Crippen LogP contribution in [0.25, 0.3) is 0 Å². The summed E-state index contributed by atoms with van der Waals surface area (Å²) in [6, 6.07) is 3.59. The zero-order valence-corrected chi connectivity index (χ0v) is 18.7. The largest absolute Gasteiger partial charge is 0.481 e. The molecule has 3 amide bonds. The van der Waals surface area contributed by atoms with Gasteiger partial charge in [0.2, 0.25) is 18.8 Å². The van der Waals surface area contributed by atoms with E-state index in [9.17, 15) is 33.9 Å². The fraction of sp³-hybridized carbons (Fsp3) is 0.286. The highest BCUT2D eigenvalue weighted by Crippen LogP contribution is 2.26. The van der Waals surface area contributed by atoms with Crippen LogP contribution in [0.4, 0.5) is 23.1 Å². The molecule has 0 aliphatic carbocycles. The number of hydrogen-bond donors (Lipinski definition) is 6. The minimum atomic E-state index is -1.39. The van der Waals surface area contributed by atoms with Gasteiger partial charge in [0.25, 0.3) is 11.5 Å². The van der Waals surface area contributed by atoms with Gasteiger partial charge in [-0.05, 0) is 30.7 Å². The molecule has 3 rings (SSSR count). The van der Waals surface area contributed by atoms with Gasteiger partial charge in [0.1, 0.15) is 6.04 Å². The summed E-state index contributed by atoms with van der Waals surface area (Å²) in [5, 5.41) is 23.1. The first-order chi connectivity index (χ1) is 17.1. The lowest BCUT2D eigenvalue weighted by molar-refractivity contribution is -0.140. The molecule has 15 nitrogen and oxygen atoms in total. The first kappa shape index (κ1) is 25.7. The van der Waals surface area contributed by atoms with Crippen LogP contribution in [0, 0.1) is 0 Å². The molecule has 0 radical (unpaired) electrons. The van der Waals surface area contributed by atoms with Crippen molar-refractivity contribution < 1.29 is 34.2 Å². The number of carboxylic acids is 2. The molecule has 2 heterocycles. The summed E-state index contributed by atoms with van der Waals surface area (Å²) in [4.78, 5) is 79.0. The number of carbonyl (C=O) groups is 5. The SMILES string of the molecule is Nc1nc2c(c(=O)[nH]1)N(C=O)[C@H](CN(C=O)c1ccc(C(=O)NC(CCC(=O)O)C(=O)O)cc1)CN2. The number of H-pyrrole nitrogens is 1. The number of nitrogens with one attached hydrogen (secondary N) is 3. The Balaban J connectivity index is 1.72. The number of fused-ring (bicyclic) bond motifs is 1. The molecule has 1 unspecified atom stereocenters. The molecule has 36 heavy (non-hydrogen) atoms. The van der Waals surface area contributed by atoms with Crippen molar-refractivity contribution in [1.29, 1.82) is 0 Å². The van der Waals surface area contributed by atoms with Gasteiger partial charge in [0.05, 0.1) is 6.04 Å². The number of aromatic amines is 1. The van der Waals surface area contributed by atoms with Crippen molar-refractivity contribution in [3.8, 4) is 0 Å². The van der Waals surface area contributed by atoms with Gasteiger partial charge in [-0.15, -0.1) is 0 Å². The van der Waals surface area contributed by atoms with Gasteiger partial charge in [-0.1, -0.05) is 0 Å². The van der Waals surface area contributed by atoms with Crippen molar-refractivity contribution in [2.75, 3.05) is 33.9 Å². The van der Waals surface area contributed by atoms with Crippen molar-refractivity contribution in [3.63, 3.8) is 0 Å². The number of aliphatic carboxylic acids is 2. The zero-order valence-electron chi connectivity index (χ0n) is 18.7. The molecule has 0 fully saturated rings. The Kier molecular flexibility index (Phi) is 7.83. The van der Waals surface area contributed by atoms with Gasteiger partial charge in [0.15, 0.2) is 11.5 Å². The standard InChI is InChI=1S/C21H23N7O8/c22-21-25-17-16(19(34)26-21)28(10-30)13(7-23-17)8-27(9-29)12-3-1-11(2-4-12)18(33)24-14(20(35)36)5-6-15(31)32/h1-4,9-10,13-14H,5-8H2,(H,24,33)(H,31,32)(H,35,36)(H4,22,23,25,26,34)/t13-,14?/m0/s1. The number of amides is 3. The molecule has 1 aromatic carbocycles. The number of hydrogen-bond acceptors (Lipinski definition) is 9. The highest BCUT2D eigenvalue weighted by atomic mass is 16.4. The van der Waals surface area contributed by atoms with E-state index in [2.05, 4.69) is 20.6 Å². The number of aromatic nitrogens is 2. The van der Waals surface area contributed by atoms with Crippen LogP contribution < -0.4 is 31.7 Å². The first-order valence-electron chi connectivity index (χ1n) is 10.6. The number of rotatable bonds is 11. The number of carbonyl (C=O) groups excluding carboxylic acids is 3. The third-order valence-electron chi connectivity index (χ3n) is 5.43. The van der Waals surface area contributed by atoms with E-state index in [0.717, 1.165) is 4.90 Å². The molecule has 7 N–H and O–H groups in total. The molecular weight excluding hydrogens is 478 g/mol. The Labute approximate surface area is 202 Å². The Hall–Kier alpha value is -4.95. The average molecular weight is 501 g/mol. The molecule has 15 heteroatoms. The summed E-state index contributed by atoms with van der Waals surface area (Å²) in [7, 11) is 0. The second kappa shape index (κ2) is 11.0. The predicted molar refractivity (Wildman–Crippen MR) is 126 cm³/mol. The lowest BCUT2D eigenvalue weighted by Gasteiger charge is -2.35. The number of carboxylic acid groups (broad SMARTS) is 2. The first-order valence-corrected chi connectivity index (χ1v) is 10.6. The van der Waals surface area contributed by atoms with Gasteiger partial charge >= 0.3 is 11.9 Å². The molecule has 0 saturated carbocycles. The minimum absolute atomic E-state index is 0.0136. The normalized spacial score (nSPS) is 15.1. The number of benzene rings is 1. The maximum Gasteiger partial charge on any atom is 0.326 e. The fourth-order valence-corrected chi connectivity index (χ4v) is 3.64. The van der Waals surface area contributed by atoms with Gasteiger partial charge < -0.3 is 36.4 Å². The predicted octanol–water partition coefficient (Wildman–Crippen LogP) is -1.18. The molecule has 2 atom stereocenters. The van der Waals surface area contributed by atoms with Crippen LogP contribution in [0.3, 0.4) is 0 Å². The summed E-state index contributed by atoms with van der Waals surface area (Å²) < 4.78 is 0. The molecule has 2 aromatic rings. The molecule has 0 saturated heterocycles. The van der Waals surface area contributed by atoms with Crippen molar-refractivity contribution in [2.24, 2.45) is 0 Å². The van der Waals surface area contributed by atoms with Crippen molar-refractivity contribution in [1.82, 2.24) is 15.3 Å². The maximum atomic E-state index is 12.4. The average Bonchev–Trinajstić information content (AvgIpc) is 2.84. The van der Waals surface area contributed by atoms with Crippen molar-refractivity contribution in [2.45, 2.75) is 24.9 Å². The van der Waals surface area contributed by atoms with E-state index in [-0.39, 0.29) is 42.5 Å². The molecule has 190 valence electrons. The van der Waals surface area contributed by atoms with Gasteiger partial charge in [0, 0.05) is 30.8 Å². The van der Waals surface area contributed by atoms with Gasteiger partial charge in [-0.2, -0.15) is 4.98 Å². The van der Waals surface area contributed by atoms with E-state index < -0.39 is 41.9 Å². The van der Waals surface area contributed by atoms with E-state index in [1.54, 1.807) is 0 Å². The number of nitrogen functional groups attached to an aromatic ring is 1. The van der Waals surface area contributed by atoms with E-state index in [0.29, 0.717) is 18.5 Å². The van der Waals surface area contributed by atoms with Crippen LogP contribution in [0.15, 0.2) is 29.1 Å². The summed E-state index contributed by atoms with van der Waals surface area (Å²) in [6.07, 6.45) is 0.255. The Morgan fingerprint density at radius 3 is 2.53 bits per heavy atom. The monoisotopic (exact) mass is 501 g/mol. The zero-order chi connectivity index (χ0) is 26.4. The Morgan fingerprint density at radius 1 is 1.25 bits per heavy atom. The topological polar surface area (TPSA) is 228 Å². The molecule has 1 aliphatic heterocycles. The second-order valence-corrected chi connectivity index (χ2v) is 7.80. The summed E-state index contributed by atoms with van der Waals surface area (Å²) in [5.74, 6) is -3.28. The van der Waals surface area contributed by atoms with Crippen LogP contribution in [0.5, 0.6) is 0 Å². The lowest BCUT2D eigenvalue weighted by Crippen LogP contribution is -2.52. The number of anilines is 4. The number of nitrogens with zero attached hydrogens (tertiary/aromatic N) is 3. The van der Waals surface area contributed by atoms with Crippen molar-refractivity contribution in [3.05, 3.63) is 40.2 Å². The highest BCUT2D eigenvalue weighted by Gasteiger charge is 2.31. The summed E-state index contributed by atoms with van der Waals surface area (Å²) in [5.41, 5.74) is 5.32. The molecular formula is C21H23N7O8. The smallest absolute Gasteiger partial charge is 0.326 e. The summed E-state index contributed by atoms with van der Waals surface area (Å²) >= 11 is 0. The van der Waals surface area contributed by atoms with E-state index in [4.69, 9.17) is 10.8 Å². The molecule has 0 spiro atoms. The van der Waals surface area contributed by atoms with Crippen molar-refractivity contribution >= 4 is 53.8 Å². The Bertz CT molecular complexity index is 1230. The third-order valence-corrected chi connectivity index (χ3v) is 5.43. The summed E-state index contributed by atoms with van der Waals surface area (Å²) in [6.45, 7) is 0.152. The van der Waals surface area contributed by atoms with E-state index in [1.165, 1.54) is 29.2 Å². The third kappa shape index (κ3) is 5.75. The van der Waals surface area contributed by atoms with E-state index >= 15 is 0 Å². The quantitative estimate of drug-likeness (QED) is 0.201. The van der Waals surface area contributed by atoms with Crippen LogP contribution in [0.1, 0.15) is 23.2 Å². The van der Waals surface area contributed by atoms with Gasteiger partial charge in [-0.25, -0.2) is 4.79 Å². The van der Waals surface area contributed by atoms with Crippen LogP contribution in [-0.4, -0.2) is 76.0 Å². The molecule has 1 aromatic heterocycles. The number of nitrogens with two attached hydrogens (primary N) is 1. The maximum absolute atomic E-state index is 12.4. The van der Waals surface area contributed by atoms with Crippen LogP contribution >= 0.6 is 0 Å². The lowest BCUT2D eigenvalue weighted by atomic mass is 10.1. The molecule has 1 aliphatic rings. The van der Waals surface area contributed by atoms with E-state index in [1.807, 2.05) is 0 Å². The Morgan fingerprint density at radius 2 is 1.94 bits per heavy atom. The minimum Gasteiger partial charge on any atom is -0.481 e.